The largest absolute Gasteiger partial charge is 0.457 e. The number of allylic oxidation sites excluding steroid dienone is 1. The molecule has 0 unspecified atom stereocenters. The highest BCUT2D eigenvalue weighted by molar-refractivity contribution is 7.80. The molecule has 0 atom stereocenters. The van der Waals surface area contributed by atoms with Gasteiger partial charge in [0.1, 0.15) is 6.61 Å². The Kier molecular flexibility index (Phi) is 4.39. The third kappa shape index (κ3) is 3.36. The van der Waals surface area contributed by atoms with Crippen LogP contribution in [0, 0.1) is 13.8 Å². The lowest BCUT2D eigenvalue weighted by Crippen LogP contribution is -2.42. The lowest BCUT2D eigenvalue weighted by Gasteiger charge is -2.21. The van der Waals surface area contributed by atoms with E-state index in [1.807, 2.05) is 32.9 Å². The van der Waals surface area contributed by atoms with Gasteiger partial charge < -0.3 is 15.4 Å². The maximum absolute atomic E-state index is 12.1. The van der Waals surface area contributed by atoms with Gasteiger partial charge >= 0.3 is 5.97 Å². The summed E-state index contributed by atoms with van der Waals surface area (Å²) in [6.07, 6.45) is 0. The van der Waals surface area contributed by atoms with E-state index < -0.39 is 0 Å². The van der Waals surface area contributed by atoms with Crippen LogP contribution in [0.15, 0.2) is 29.5 Å². The predicted octanol–water partition coefficient (Wildman–Crippen LogP) is 2.10. The molecule has 1 heterocycles. The Balaban J connectivity index is 2.02. The molecule has 0 radical (unpaired) electrons. The SMILES string of the molecule is CC1=C(C(=O)OCc2ccc(C)cc2C)CNC(=S)N1. The molecule has 0 aromatic heterocycles. The molecule has 1 aromatic carbocycles. The summed E-state index contributed by atoms with van der Waals surface area (Å²) in [6.45, 7) is 6.57. The Bertz CT molecular complexity index is 594. The Hall–Kier alpha value is -1.88. The average Bonchev–Trinajstić information content (AvgIpc) is 2.37. The molecule has 1 aliphatic heterocycles. The van der Waals surface area contributed by atoms with Gasteiger partial charge in [-0.2, -0.15) is 0 Å². The van der Waals surface area contributed by atoms with Crippen molar-refractivity contribution < 1.29 is 9.53 Å². The number of carbonyl (C=O) groups is 1. The molecule has 106 valence electrons. The van der Waals surface area contributed by atoms with Crippen molar-refractivity contribution in [3.8, 4) is 0 Å². The van der Waals surface area contributed by atoms with Gasteiger partial charge in [0.05, 0.1) is 12.1 Å². The summed E-state index contributed by atoms with van der Waals surface area (Å²) in [6, 6.07) is 6.09. The van der Waals surface area contributed by atoms with Gasteiger partial charge in [-0.25, -0.2) is 4.79 Å². The molecular weight excluding hydrogens is 272 g/mol. The maximum Gasteiger partial charge on any atom is 0.337 e. The van der Waals surface area contributed by atoms with Gasteiger partial charge in [0, 0.05) is 5.70 Å². The van der Waals surface area contributed by atoms with Gasteiger partial charge in [-0.1, -0.05) is 23.8 Å². The van der Waals surface area contributed by atoms with Gasteiger partial charge in [0.25, 0.3) is 0 Å². The quantitative estimate of drug-likeness (QED) is 0.659. The van der Waals surface area contributed by atoms with E-state index in [1.165, 1.54) is 5.56 Å². The van der Waals surface area contributed by atoms with Crippen molar-refractivity contribution in [2.75, 3.05) is 6.54 Å². The van der Waals surface area contributed by atoms with Crippen LogP contribution in [0.5, 0.6) is 0 Å². The smallest absolute Gasteiger partial charge is 0.337 e. The van der Waals surface area contributed by atoms with E-state index >= 15 is 0 Å². The van der Waals surface area contributed by atoms with Crippen molar-refractivity contribution in [3.63, 3.8) is 0 Å². The minimum Gasteiger partial charge on any atom is -0.457 e. The number of hydrogen-bond donors (Lipinski definition) is 2. The lowest BCUT2D eigenvalue weighted by molar-refractivity contribution is -0.140. The number of thiocarbonyl (C=S) groups is 1. The number of rotatable bonds is 3. The van der Waals surface area contributed by atoms with E-state index in [-0.39, 0.29) is 12.6 Å². The molecule has 0 bridgehead atoms. The van der Waals surface area contributed by atoms with Crippen molar-refractivity contribution >= 4 is 23.3 Å². The number of carbonyl (C=O) groups excluding carboxylic acids is 1. The topological polar surface area (TPSA) is 50.4 Å². The van der Waals surface area contributed by atoms with Crippen LogP contribution in [0.4, 0.5) is 0 Å². The van der Waals surface area contributed by atoms with Crippen molar-refractivity contribution in [1.29, 1.82) is 0 Å². The molecule has 1 aliphatic rings. The van der Waals surface area contributed by atoms with Gasteiger partial charge in [-0.05, 0) is 44.1 Å². The highest BCUT2D eigenvalue weighted by atomic mass is 32.1. The van der Waals surface area contributed by atoms with Crippen LogP contribution in [0.1, 0.15) is 23.6 Å². The van der Waals surface area contributed by atoms with E-state index in [1.54, 1.807) is 0 Å². The van der Waals surface area contributed by atoms with E-state index in [4.69, 9.17) is 17.0 Å². The van der Waals surface area contributed by atoms with Crippen molar-refractivity contribution in [3.05, 3.63) is 46.2 Å². The highest BCUT2D eigenvalue weighted by Crippen LogP contribution is 2.14. The van der Waals surface area contributed by atoms with Gasteiger partial charge in [-0.3, -0.25) is 0 Å². The Morgan fingerprint density at radius 1 is 1.35 bits per heavy atom. The fraction of sp³-hybridized carbons (Fsp3) is 0.333. The van der Waals surface area contributed by atoms with Gasteiger partial charge in [-0.15, -0.1) is 0 Å². The predicted molar refractivity (Wildman–Crippen MR) is 82.1 cm³/mol. The van der Waals surface area contributed by atoms with Crippen LogP contribution in [0.25, 0.3) is 0 Å². The first kappa shape index (κ1) is 14.5. The number of aryl methyl sites for hydroxylation is 2. The Labute approximate surface area is 124 Å². The van der Waals surface area contributed by atoms with Crippen molar-refractivity contribution in [2.45, 2.75) is 27.4 Å². The van der Waals surface area contributed by atoms with Crippen LogP contribution < -0.4 is 10.6 Å². The van der Waals surface area contributed by atoms with Crippen LogP contribution in [-0.4, -0.2) is 17.6 Å². The highest BCUT2D eigenvalue weighted by Gasteiger charge is 2.19. The first-order chi connectivity index (χ1) is 9.47. The van der Waals surface area contributed by atoms with Crippen LogP contribution in [0.3, 0.4) is 0 Å². The third-order valence-electron chi connectivity index (χ3n) is 3.28. The van der Waals surface area contributed by atoms with E-state index in [0.29, 0.717) is 17.2 Å². The van der Waals surface area contributed by atoms with Gasteiger partial charge in [0.15, 0.2) is 5.11 Å². The number of nitrogens with one attached hydrogen (secondary N) is 2. The molecule has 0 amide bonds. The molecule has 0 aliphatic carbocycles. The number of hydrogen-bond acceptors (Lipinski definition) is 3. The van der Waals surface area contributed by atoms with Crippen molar-refractivity contribution in [1.82, 2.24) is 10.6 Å². The molecule has 0 spiro atoms. The zero-order valence-electron chi connectivity index (χ0n) is 11.9. The van der Waals surface area contributed by atoms with Crippen LogP contribution in [0.2, 0.25) is 0 Å². The zero-order chi connectivity index (χ0) is 14.7. The monoisotopic (exact) mass is 290 g/mol. The second kappa shape index (κ2) is 6.05. The minimum absolute atomic E-state index is 0.284. The summed E-state index contributed by atoms with van der Waals surface area (Å²) in [5.41, 5.74) is 4.69. The number of esters is 1. The number of ether oxygens (including phenoxy) is 1. The second-order valence-electron chi connectivity index (χ2n) is 4.92. The molecule has 1 aromatic rings. The van der Waals surface area contributed by atoms with E-state index in [9.17, 15) is 4.79 Å². The summed E-state index contributed by atoms with van der Waals surface area (Å²) in [4.78, 5) is 12.1. The third-order valence-corrected chi connectivity index (χ3v) is 3.53. The standard InChI is InChI=1S/C15H18N2O2S/c1-9-4-5-12(10(2)6-9)8-19-14(18)13-7-16-15(20)17-11(13)3/h4-6H,7-8H2,1-3H3,(H2,16,17,20). The summed E-state index contributed by atoms with van der Waals surface area (Å²) < 4.78 is 5.37. The fourth-order valence-corrected chi connectivity index (χ4v) is 2.28. The summed E-state index contributed by atoms with van der Waals surface area (Å²) in [5.74, 6) is -0.315. The molecule has 4 nitrogen and oxygen atoms in total. The van der Waals surface area contributed by atoms with E-state index in [0.717, 1.165) is 16.8 Å². The summed E-state index contributed by atoms with van der Waals surface area (Å²) in [7, 11) is 0. The zero-order valence-corrected chi connectivity index (χ0v) is 12.7. The fourth-order valence-electron chi connectivity index (χ4n) is 2.05. The molecule has 20 heavy (non-hydrogen) atoms. The van der Waals surface area contributed by atoms with Crippen molar-refractivity contribution in [2.24, 2.45) is 0 Å². The molecule has 0 saturated heterocycles. The first-order valence-electron chi connectivity index (χ1n) is 6.45. The second-order valence-corrected chi connectivity index (χ2v) is 5.33. The minimum atomic E-state index is -0.315. The lowest BCUT2D eigenvalue weighted by atomic mass is 10.1. The Morgan fingerprint density at radius 2 is 2.10 bits per heavy atom. The molecule has 5 heteroatoms. The molecule has 2 rings (SSSR count). The normalized spacial score (nSPS) is 14.7. The molecule has 2 N–H and O–H groups in total. The van der Waals surface area contributed by atoms with Crippen LogP contribution >= 0.6 is 12.2 Å². The first-order valence-corrected chi connectivity index (χ1v) is 6.86. The van der Waals surface area contributed by atoms with Crippen LogP contribution in [-0.2, 0) is 16.1 Å². The molecule has 0 saturated carbocycles. The molecular formula is C15H18N2O2S. The Morgan fingerprint density at radius 3 is 2.75 bits per heavy atom. The van der Waals surface area contributed by atoms with E-state index in [2.05, 4.69) is 16.7 Å². The number of benzene rings is 1. The average molecular weight is 290 g/mol. The maximum atomic E-state index is 12.1. The summed E-state index contributed by atoms with van der Waals surface area (Å²) >= 11 is 4.98. The molecule has 0 fully saturated rings. The summed E-state index contributed by atoms with van der Waals surface area (Å²) in [5, 5.41) is 6.38. The van der Waals surface area contributed by atoms with Gasteiger partial charge in [0.2, 0.25) is 0 Å².